The zero-order valence-corrected chi connectivity index (χ0v) is 33.0. The fraction of sp³-hybridized carbons (Fsp3) is 0.917. The number of aliphatic hydroxyl groups is 2. The summed E-state index contributed by atoms with van der Waals surface area (Å²) >= 11 is 0. The third-order valence-corrected chi connectivity index (χ3v) is 8.92. The average Bonchev–Trinajstić information content (AvgIpc) is 3.00. The number of carbonyl (C=O) groups excluding carboxylic acids is 2. The molecule has 0 radical (unpaired) electrons. The summed E-state index contributed by atoms with van der Waals surface area (Å²) in [5.74, 6) is 0.605. The van der Waals surface area contributed by atoms with Crippen LogP contribution in [0.15, 0.2) is 0 Å². The predicted octanol–water partition coefficient (Wildman–Crippen LogP) is 5.71. The highest BCUT2D eigenvalue weighted by Crippen LogP contribution is 2.29. The van der Waals surface area contributed by atoms with E-state index in [-0.39, 0.29) is 30.1 Å². The lowest BCUT2D eigenvalue weighted by Gasteiger charge is -2.39. The molecule has 288 valence electrons. The molecule has 0 spiro atoms. The van der Waals surface area contributed by atoms with Crippen molar-refractivity contribution >= 4 is 18.9 Å². The lowest BCUT2D eigenvalue weighted by Crippen LogP contribution is -2.49. The van der Waals surface area contributed by atoms with Crippen LogP contribution in [0.3, 0.4) is 0 Å². The van der Waals surface area contributed by atoms with Crippen LogP contribution in [0.1, 0.15) is 108 Å². The van der Waals surface area contributed by atoms with E-state index in [4.69, 9.17) is 19.0 Å². The first-order valence-corrected chi connectivity index (χ1v) is 17.6. The van der Waals surface area contributed by atoms with Crippen molar-refractivity contribution in [2.75, 3.05) is 41.9 Å². The van der Waals surface area contributed by atoms with Gasteiger partial charge < -0.3 is 48.9 Å². The second-order valence-electron chi connectivity index (χ2n) is 13.8. The third-order valence-electron chi connectivity index (χ3n) is 8.92. The highest BCUT2D eigenvalue weighted by Gasteiger charge is 2.40. The van der Waals surface area contributed by atoms with Gasteiger partial charge in [0.15, 0.2) is 6.29 Å². The Morgan fingerprint density at radius 3 is 1.96 bits per heavy atom. The molecule has 0 saturated carbocycles. The highest BCUT2D eigenvalue weighted by atomic mass is 16.7. The van der Waals surface area contributed by atoms with Crippen LogP contribution >= 0.6 is 0 Å². The van der Waals surface area contributed by atoms with Crippen LogP contribution in [0.2, 0.25) is 0 Å². The number of methoxy groups -OCH3 is 2. The first-order chi connectivity index (χ1) is 22.3. The summed E-state index contributed by atoms with van der Waals surface area (Å²) in [5, 5.41) is 28.7. The third kappa shape index (κ3) is 22.0. The number of carbonyl (C=O) groups is 3. The summed E-state index contributed by atoms with van der Waals surface area (Å²) in [6, 6.07) is 0.578. The zero-order chi connectivity index (χ0) is 38.2. The Labute approximate surface area is 292 Å². The van der Waals surface area contributed by atoms with Gasteiger partial charge in [-0.05, 0) is 85.4 Å². The van der Waals surface area contributed by atoms with Crippen molar-refractivity contribution < 1.29 is 48.7 Å². The van der Waals surface area contributed by atoms with Crippen LogP contribution in [-0.4, -0.2) is 128 Å². The number of carboxylic acid groups (broad SMARTS) is 1. The van der Waals surface area contributed by atoms with Gasteiger partial charge in [0.05, 0.1) is 25.4 Å². The molecule has 12 nitrogen and oxygen atoms in total. The normalized spacial score (nSPS) is 23.0. The molecule has 0 aromatic heterocycles. The van der Waals surface area contributed by atoms with Crippen LogP contribution in [-0.2, 0) is 28.5 Å². The van der Waals surface area contributed by atoms with Crippen LogP contribution < -0.4 is 0 Å². The molecule has 0 aromatic carbocycles. The minimum Gasteiger partial charge on any atom is -0.471 e. The molecule has 8 unspecified atom stereocenters. The second kappa shape index (κ2) is 27.9. The SMILES string of the molecule is CC.CC1CC(N(C)C)CC(O)O1.CCC(OC)[C@](C)(C[C@@H](C)N(C)C[C@H](C)CC(C)CC(C)C(O)C(C)C=O)OC(=O)O.COC=O. The summed E-state index contributed by atoms with van der Waals surface area (Å²) in [5.41, 5.74) is -0.916. The molecule has 0 aliphatic carbocycles. The molecule has 48 heavy (non-hydrogen) atoms. The minimum absolute atomic E-state index is 0.0768. The van der Waals surface area contributed by atoms with Gasteiger partial charge in [-0.3, -0.25) is 4.79 Å². The molecule has 0 bridgehead atoms. The van der Waals surface area contributed by atoms with Crippen molar-refractivity contribution in [1.29, 1.82) is 0 Å². The van der Waals surface area contributed by atoms with Gasteiger partial charge in [-0.1, -0.05) is 48.5 Å². The fourth-order valence-corrected chi connectivity index (χ4v) is 6.44. The predicted molar refractivity (Wildman–Crippen MR) is 191 cm³/mol. The molecule has 1 rings (SSSR count). The van der Waals surface area contributed by atoms with Crippen LogP contribution in [0.5, 0.6) is 0 Å². The molecule has 1 saturated heterocycles. The standard InChI is InChI=1S/C24H47NO6.C8H17NO2.C2H4O2.C2H6/c1-10-21(30-9)24(7,31-23(28)29)13-20(6)25(8)14-17(3)11-16(2)12-18(4)22(27)19(5)15-26;1-6-4-7(9(2)3)5-8(10)11-6;1-4-2-3;1-2/h15-22,27H,10-14H2,1-9H3,(H,28,29);6-8,10H,4-5H2,1-3H3;2H,1H3;1-2H3/t16?,17-,18?,19?,20-,21?,22?,24+;;;/m1.../s1. The molecule has 0 amide bonds. The number of hydrogen-bond acceptors (Lipinski definition) is 11. The van der Waals surface area contributed by atoms with Gasteiger partial charge in [0, 0.05) is 44.5 Å². The van der Waals surface area contributed by atoms with Gasteiger partial charge >= 0.3 is 6.16 Å². The Hall–Kier alpha value is -1.83. The number of aliphatic hydroxyl groups excluding tert-OH is 2. The summed E-state index contributed by atoms with van der Waals surface area (Å²) in [7, 11) is 9.03. The lowest BCUT2D eigenvalue weighted by atomic mass is 9.84. The Morgan fingerprint density at radius 2 is 1.56 bits per heavy atom. The van der Waals surface area contributed by atoms with Crippen molar-refractivity contribution in [3.8, 4) is 0 Å². The minimum atomic E-state index is -1.28. The summed E-state index contributed by atoms with van der Waals surface area (Å²) in [6.07, 6.45) is 3.10. The largest absolute Gasteiger partial charge is 0.506 e. The first-order valence-electron chi connectivity index (χ1n) is 17.6. The molecule has 1 aliphatic rings. The topological polar surface area (TPSA) is 155 Å². The number of hydrogen-bond donors (Lipinski definition) is 3. The molecule has 0 aromatic rings. The second-order valence-corrected chi connectivity index (χ2v) is 13.8. The Kier molecular flexibility index (Phi) is 29.4. The lowest BCUT2D eigenvalue weighted by molar-refractivity contribution is -0.172. The maximum atomic E-state index is 11.3. The molecule has 11 atom stereocenters. The van der Waals surface area contributed by atoms with E-state index < -0.39 is 24.2 Å². The first kappa shape index (κ1) is 50.5. The van der Waals surface area contributed by atoms with E-state index in [1.807, 2.05) is 55.6 Å². The van der Waals surface area contributed by atoms with Crippen LogP contribution in [0.4, 0.5) is 4.79 Å². The average molecular weight is 695 g/mol. The van der Waals surface area contributed by atoms with E-state index in [1.54, 1.807) is 14.0 Å². The Morgan fingerprint density at radius 1 is 1.02 bits per heavy atom. The monoisotopic (exact) mass is 695 g/mol. The van der Waals surface area contributed by atoms with Crippen LogP contribution in [0.25, 0.3) is 0 Å². The van der Waals surface area contributed by atoms with Gasteiger partial charge in [0.2, 0.25) is 0 Å². The molecule has 3 N–H and O–H groups in total. The molecule has 12 heteroatoms. The maximum Gasteiger partial charge on any atom is 0.506 e. The van der Waals surface area contributed by atoms with Crippen LogP contribution in [0, 0.1) is 23.7 Å². The highest BCUT2D eigenvalue weighted by molar-refractivity contribution is 5.57. The Balaban J connectivity index is -0.000000968. The molecule has 1 fully saturated rings. The van der Waals surface area contributed by atoms with E-state index in [0.717, 1.165) is 38.5 Å². The van der Waals surface area contributed by atoms with Gasteiger partial charge in [-0.15, -0.1) is 0 Å². The summed E-state index contributed by atoms with van der Waals surface area (Å²) in [6.45, 7) is 21.3. The Bertz CT molecular complexity index is 806. The number of rotatable bonds is 18. The summed E-state index contributed by atoms with van der Waals surface area (Å²) in [4.78, 5) is 35.5. The molecule has 1 heterocycles. The van der Waals surface area contributed by atoms with E-state index in [0.29, 0.717) is 37.2 Å². The van der Waals surface area contributed by atoms with E-state index in [2.05, 4.69) is 42.4 Å². The molecular weight excluding hydrogens is 620 g/mol. The summed E-state index contributed by atoms with van der Waals surface area (Å²) < 4.78 is 19.9. The van der Waals surface area contributed by atoms with Gasteiger partial charge in [-0.2, -0.15) is 0 Å². The zero-order valence-electron chi connectivity index (χ0n) is 33.0. The van der Waals surface area contributed by atoms with Crippen molar-refractivity contribution in [3.05, 3.63) is 0 Å². The van der Waals surface area contributed by atoms with Gasteiger partial charge in [0.25, 0.3) is 6.47 Å². The quantitative estimate of drug-likeness (QED) is 0.119. The van der Waals surface area contributed by atoms with Crippen molar-refractivity contribution in [3.63, 3.8) is 0 Å². The van der Waals surface area contributed by atoms with Gasteiger partial charge in [0.1, 0.15) is 11.9 Å². The van der Waals surface area contributed by atoms with Crippen molar-refractivity contribution in [1.82, 2.24) is 9.80 Å². The maximum absolute atomic E-state index is 11.3. The van der Waals surface area contributed by atoms with Gasteiger partial charge in [-0.25, -0.2) is 4.79 Å². The van der Waals surface area contributed by atoms with Crippen molar-refractivity contribution in [2.24, 2.45) is 23.7 Å². The molecule has 1 aliphatic heterocycles. The number of aldehydes is 1. The fourth-order valence-electron chi connectivity index (χ4n) is 6.44. The number of ether oxygens (including phenoxy) is 4. The number of nitrogens with zero attached hydrogens (tertiary/aromatic N) is 2. The van der Waals surface area contributed by atoms with E-state index in [1.165, 1.54) is 7.11 Å². The van der Waals surface area contributed by atoms with E-state index in [9.17, 15) is 24.9 Å². The smallest absolute Gasteiger partial charge is 0.471 e. The van der Waals surface area contributed by atoms with E-state index >= 15 is 0 Å². The molecular formula is C36H74N2O10. The van der Waals surface area contributed by atoms with Crippen molar-refractivity contribution in [2.45, 2.75) is 150 Å².